The fourth-order valence-electron chi connectivity index (χ4n) is 3.94. The summed E-state index contributed by atoms with van der Waals surface area (Å²) < 4.78 is 0. The molecule has 0 heteroatoms. The minimum Gasteiger partial charge on any atom is -0.124 e. The molecule has 4 aromatic rings. The molecule has 4 rings (SSSR count). The lowest BCUT2D eigenvalue weighted by Gasteiger charge is -2.03. The van der Waals surface area contributed by atoms with E-state index in [1.165, 1.54) is 50.1 Å². The molecule has 0 aliphatic rings. The van der Waals surface area contributed by atoms with Crippen LogP contribution in [0.2, 0.25) is 0 Å². The first kappa shape index (κ1) is 44.5. The Morgan fingerprint density at radius 1 is 0.681 bits per heavy atom. The summed E-state index contributed by atoms with van der Waals surface area (Å²) in [5, 5.41) is 0. The SMILES string of the molecule is C#C.C/C=C\Cc1ccccc1C.C=C(C)c1ccc(-c2ccccc2)cc1.C=CC(C)=C(C)C.CC.CCc1cccc(CC)c1. The molecule has 250 valence electrons. The van der Waals surface area contributed by atoms with Crippen LogP contribution >= 0.6 is 0 Å². The van der Waals surface area contributed by atoms with Crippen molar-refractivity contribution in [2.45, 2.75) is 88.5 Å². The molecular weight excluding hydrogens is 565 g/mol. The van der Waals surface area contributed by atoms with E-state index in [4.69, 9.17) is 0 Å². The first-order chi connectivity index (χ1) is 22.7. The quantitative estimate of drug-likeness (QED) is 0.109. The number of terminal acetylenes is 1. The Morgan fingerprint density at radius 2 is 1.17 bits per heavy atom. The average molecular weight is 627 g/mol. The third kappa shape index (κ3) is 20.2. The molecule has 0 aliphatic carbocycles. The van der Waals surface area contributed by atoms with Gasteiger partial charge >= 0.3 is 0 Å². The first-order valence-electron chi connectivity index (χ1n) is 16.8. The van der Waals surface area contributed by atoms with Crippen molar-refractivity contribution >= 4 is 5.57 Å². The molecule has 0 aliphatic heterocycles. The maximum Gasteiger partial charge on any atom is -0.00949 e. The second-order valence-electron chi connectivity index (χ2n) is 10.8. The summed E-state index contributed by atoms with van der Waals surface area (Å²) in [6.45, 7) is 28.4. The van der Waals surface area contributed by atoms with Crippen molar-refractivity contribution in [2.75, 3.05) is 0 Å². The summed E-state index contributed by atoms with van der Waals surface area (Å²) in [4.78, 5) is 0. The third-order valence-corrected chi connectivity index (χ3v) is 7.22. The highest BCUT2D eigenvalue weighted by molar-refractivity contribution is 5.68. The van der Waals surface area contributed by atoms with Crippen molar-refractivity contribution in [1.29, 1.82) is 0 Å². The van der Waals surface area contributed by atoms with Crippen LogP contribution in [-0.2, 0) is 19.3 Å². The van der Waals surface area contributed by atoms with Gasteiger partial charge < -0.3 is 0 Å². The molecule has 0 N–H and O–H groups in total. The maximum atomic E-state index is 4.00. The standard InChI is InChI=1S/C15H14.C11H14.C10H14.C7H12.C2H6.C2H2/c1-12(2)13-8-10-15(11-9-13)14-6-4-3-5-7-14;1-3-4-8-11-9-6-5-7-10(11)2;1-3-9-6-5-7-10(4-2)8-9;1-5-7(4)6(2)3;2*1-2/h3-11H,1H2,2H3;3-7,9H,8H2,1-2H3;5-8H,3-4H2,1-2H3;5H,1H2,2-4H3;1-2H3;1-2H/b;4-3-;;;;. The number of benzene rings is 4. The van der Waals surface area contributed by atoms with Crippen LogP contribution in [0.5, 0.6) is 0 Å². The predicted octanol–water partition coefficient (Wildman–Crippen LogP) is 14.1. The van der Waals surface area contributed by atoms with Gasteiger partial charge in [0.2, 0.25) is 0 Å². The smallest absolute Gasteiger partial charge is 0.00949 e. The van der Waals surface area contributed by atoms with E-state index < -0.39 is 0 Å². The number of allylic oxidation sites excluding steroid dienone is 6. The van der Waals surface area contributed by atoms with Gasteiger partial charge in [0, 0.05) is 0 Å². The third-order valence-electron chi connectivity index (χ3n) is 7.22. The van der Waals surface area contributed by atoms with Gasteiger partial charge in [-0.1, -0.05) is 179 Å². The summed E-state index contributed by atoms with van der Waals surface area (Å²) >= 11 is 0. The second-order valence-corrected chi connectivity index (χ2v) is 10.8. The molecule has 0 heterocycles. The molecule has 0 saturated carbocycles. The number of hydrogen-bond acceptors (Lipinski definition) is 0. The molecule has 0 bridgehead atoms. The lowest BCUT2D eigenvalue weighted by Crippen LogP contribution is -1.84. The fraction of sp³-hybridized carbons (Fsp3) is 0.277. The van der Waals surface area contributed by atoms with Crippen molar-refractivity contribution in [2.24, 2.45) is 0 Å². The van der Waals surface area contributed by atoms with E-state index in [0.717, 1.165) is 24.8 Å². The lowest BCUT2D eigenvalue weighted by molar-refractivity contribution is 1.09. The highest BCUT2D eigenvalue weighted by Gasteiger charge is 1.97. The van der Waals surface area contributed by atoms with Gasteiger partial charge in [0.05, 0.1) is 0 Å². The highest BCUT2D eigenvalue weighted by Crippen LogP contribution is 2.21. The Balaban J connectivity index is 0. The van der Waals surface area contributed by atoms with Crippen LogP contribution in [0.25, 0.3) is 16.7 Å². The minimum atomic E-state index is 1.06. The maximum absolute atomic E-state index is 4.00. The fourth-order valence-corrected chi connectivity index (χ4v) is 3.94. The monoisotopic (exact) mass is 626 g/mol. The Labute approximate surface area is 290 Å². The predicted molar refractivity (Wildman–Crippen MR) is 217 cm³/mol. The van der Waals surface area contributed by atoms with E-state index in [-0.39, 0.29) is 0 Å². The highest BCUT2D eigenvalue weighted by atomic mass is 14.0. The molecule has 0 unspecified atom stereocenters. The molecule has 47 heavy (non-hydrogen) atoms. The normalized spacial score (nSPS) is 9.11. The van der Waals surface area contributed by atoms with E-state index >= 15 is 0 Å². The second kappa shape index (κ2) is 28.8. The van der Waals surface area contributed by atoms with Crippen LogP contribution in [0.15, 0.2) is 146 Å². The van der Waals surface area contributed by atoms with E-state index in [1.807, 2.05) is 32.9 Å². The summed E-state index contributed by atoms with van der Waals surface area (Å²) in [5.74, 6) is 0. The van der Waals surface area contributed by atoms with Crippen molar-refractivity contribution in [3.63, 3.8) is 0 Å². The summed E-state index contributed by atoms with van der Waals surface area (Å²) in [6.07, 6.45) is 17.5. The molecule has 0 amide bonds. The summed E-state index contributed by atoms with van der Waals surface area (Å²) in [5.41, 5.74) is 13.1. The lowest BCUT2D eigenvalue weighted by atomic mass is 10.0. The number of hydrogen-bond donors (Lipinski definition) is 0. The zero-order chi connectivity index (χ0) is 36.0. The number of aryl methyl sites for hydroxylation is 3. The topological polar surface area (TPSA) is 0 Å². The van der Waals surface area contributed by atoms with Gasteiger partial charge in [0.25, 0.3) is 0 Å². The van der Waals surface area contributed by atoms with Crippen LogP contribution < -0.4 is 0 Å². The Kier molecular flexibility index (Phi) is 27.3. The number of rotatable bonds is 7. The van der Waals surface area contributed by atoms with Crippen molar-refractivity contribution in [1.82, 2.24) is 0 Å². The Bertz CT molecular complexity index is 1430. The molecule has 4 aromatic carbocycles. The summed E-state index contributed by atoms with van der Waals surface area (Å²) in [7, 11) is 0. The van der Waals surface area contributed by atoms with Gasteiger partial charge in [0.1, 0.15) is 0 Å². The van der Waals surface area contributed by atoms with Crippen LogP contribution in [0.1, 0.15) is 90.1 Å². The molecule has 0 atom stereocenters. The molecular formula is C47H62. The van der Waals surface area contributed by atoms with Crippen LogP contribution in [-0.4, -0.2) is 0 Å². The van der Waals surface area contributed by atoms with E-state index in [2.05, 4.69) is 184 Å². The van der Waals surface area contributed by atoms with Gasteiger partial charge in [-0.3, -0.25) is 0 Å². The van der Waals surface area contributed by atoms with Crippen LogP contribution in [0.3, 0.4) is 0 Å². The van der Waals surface area contributed by atoms with Crippen molar-refractivity contribution in [3.05, 3.63) is 173 Å². The molecule has 0 nitrogen and oxygen atoms in total. The molecule has 0 saturated heterocycles. The van der Waals surface area contributed by atoms with Crippen molar-refractivity contribution < 1.29 is 0 Å². The van der Waals surface area contributed by atoms with Crippen LogP contribution in [0.4, 0.5) is 0 Å². The Morgan fingerprint density at radius 3 is 1.57 bits per heavy atom. The van der Waals surface area contributed by atoms with E-state index in [0.29, 0.717) is 0 Å². The molecule has 0 spiro atoms. The zero-order valence-corrected chi connectivity index (χ0v) is 31.2. The van der Waals surface area contributed by atoms with E-state index in [9.17, 15) is 0 Å². The van der Waals surface area contributed by atoms with Gasteiger partial charge in [-0.15, -0.1) is 12.8 Å². The average Bonchev–Trinajstić information content (AvgIpc) is 3.13. The molecule has 0 aromatic heterocycles. The van der Waals surface area contributed by atoms with Crippen LogP contribution in [0, 0.1) is 19.8 Å². The van der Waals surface area contributed by atoms with Crippen molar-refractivity contribution in [3.8, 4) is 24.0 Å². The zero-order valence-electron chi connectivity index (χ0n) is 31.2. The summed E-state index contributed by atoms with van der Waals surface area (Å²) in [6, 6.07) is 36.2. The minimum absolute atomic E-state index is 1.06. The van der Waals surface area contributed by atoms with Gasteiger partial charge in [0.15, 0.2) is 0 Å². The van der Waals surface area contributed by atoms with E-state index in [1.54, 1.807) is 0 Å². The van der Waals surface area contributed by atoms with Gasteiger partial charge in [-0.2, -0.15) is 0 Å². The molecule has 0 fully saturated rings. The van der Waals surface area contributed by atoms with Gasteiger partial charge in [-0.05, 0) is 99.7 Å². The largest absolute Gasteiger partial charge is 0.124 e. The Hall–Kier alpha value is -4.60. The first-order valence-corrected chi connectivity index (χ1v) is 16.8. The molecule has 0 radical (unpaired) electrons. The van der Waals surface area contributed by atoms with Gasteiger partial charge in [-0.25, -0.2) is 0 Å².